The molecule has 3 N–H and O–H groups in total. The van der Waals surface area contributed by atoms with Gasteiger partial charge in [-0.25, -0.2) is 4.68 Å². The first-order chi connectivity index (χ1) is 16.1. The second-order valence-corrected chi connectivity index (χ2v) is 8.05. The minimum atomic E-state index is -0.417. The highest BCUT2D eigenvalue weighted by Gasteiger charge is 2.12. The zero-order valence-corrected chi connectivity index (χ0v) is 18.4. The maximum atomic E-state index is 12.7. The van der Waals surface area contributed by atoms with Gasteiger partial charge in [-0.2, -0.15) is 5.10 Å². The van der Waals surface area contributed by atoms with Crippen molar-refractivity contribution in [2.45, 2.75) is 4.90 Å². The Balaban J connectivity index is 1.58. The molecule has 2 aromatic carbocycles. The third-order valence-corrected chi connectivity index (χ3v) is 5.72. The molecule has 0 saturated carbocycles. The highest BCUT2D eigenvalue weighted by molar-refractivity contribution is 8.00. The molecule has 0 aliphatic carbocycles. The van der Waals surface area contributed by atoms with Crippen LogP contribution < -0.4 is 11.1 Å². The molecule has 2 aromatic heterocycles. The van der Waals surface area contributed by atoms with Crippen molar-refractivity contribution in [3.8, 4) is 16.9 Å². The largest absolute Gasteiger partial charge is 0.369 e. The number of carbonyl (C=O) groups excluding carboxylic acids is 2. The summed E-state index contributed by atoms with van der Waals surface area (Å²) in [6.45, 7) is 0. The number of primary amides is 1. The molecule has 2 heterocycles. The molecule has 0 radical (unpaired) electrons. The van der Waals surface area contributed by atoms with Crippen LogP contribution in [0, 0.1) is 0 Å². The molecule has 2 amide bonds. The van der Waals surface area contributed by atoms with E-state index >= 15 is 0 Å². The maximum Gasteiger partial charge on any atom is 0.248 e. The van der Waals surface area contributed by atoms with Crippen molar-refractivity contribution in [3.05, 3.63) is 97.0 Å². The molecule has 0 saturated heterocycles. The van der Waals surface area contributed by atoms with E-state index < -0.39 is 5.91 Å². The third kappa shape index (κ3) is 5.75. The Hall–Kier alpha value is -4.17. The van der Waals surface area contributed by atoms with Crippen LogP contribution in [-0.4, -0.2) is 32.3 Å². The number of anilines is 1. The van der Waals surface area contributed by atoms with Gasteiger partial charge in [-0.1, -0.05) is 30.3 Å². The second-order valence-electron chi connectivity index (χ2n) is 7.03. The zero-order chi connectivity index (χ0) is 23.0. The number of carbonyl (C=O) groups is 2. The van der Waals surface area contributed by atoms with Crippen LogP contribution >= 0.6 is 11.8 Å². The Labute approximate surface area is 195 Å². The van der Waals surface area contributed by atoms with Crippen LogP contribution in [0.3, 0.4) is 0 Å². The molecule has 0 bridgehead atoms. The standard InChI is InChI=1S/C25H21N5O2S/c26-23(31)17-33-22-11-5-4-10-21(22)28-24(32)13-12-19-16-30(20-8-2-1-3-9-20)29-25(19)18-7-6-14-27-15-18/h1-16H,17H2,(H2,26,31)(H,28,32)/b13-12+. The lowest BCUT2D eigenvalue weighted by Crippen LogP contribution is -2.13. The summed E-state index contributed by atoms with van der Waals surface area (Å²) in [6.07, 6.45) is 8.50. The van der Waals surface area contributed by atoms with Crippen LogP contribution in [0.1, 0.15) is 5.56 Å². The number of nitrogens with one attached hydrogen (secondary N) is 1. The van der Waals surface area contributed by atoms with Gasteiger partial charge < -0.3 is 11.1 Å². The fourth-order valence-electron chi connectivity index (χ4n) is 3.13. The van der Waals surface area contributed by atoms with Crippen molar-refractivity contribution in [1.29, 1.82) is 0 Å². The summed E-state index contributed by atoms with van der Waals surface area (Å²) in [5, 5.41) is 7.58. The molecule has 7 nitrogen and oxygen atoms in total. The van der Waals surface area contributed by atoms with Crippen molar-refractivity contribution in [2.24, 2.45) is 5.73 Å². The summed E-state index contributed by atoms with van der Waals surface area (Å²) in [6, 6.07) is 20.8. The first kappa shape index (κ1) is 22.0. The predicted octanol–water partition coefficient (Wildman–Crippen LogP) is 4.16. The van der Waals surface area contributed by atoms with Crippen LogP contribution in [0.2, 0.25) is 0 Å². The van der Waals surface area contributed by atoms with Crippen molar-refractivity contribution in [2.75, 3.05) is 11.1 Å². The number of hydrogen-bond acceptors (Lipinski definition) is 5. The predicted molar refractivity (Wildman–Crippen MR) is 131 cm³/mol. The summed E-state index contributed by atoms with van der Waals surface area (Å²) in [5.74, 6) is -0.582. The lowest BCUT2D eigenvalue weighted by molar-refractivity contribution is -0.115. The molecule has 0 aliphatic heterocycles. The Kier molecular flexibility index (Phi) is 6.96. The average Bonchev–Trinajstić information content (AvgIpc) is 3.28. The number of nitrogens with two attached hydrogens (primary N) is 1. The Morgan fingerprint density at radius 1 is 1.03 bits per heavy atom. The molecular formula is C25H21N5O2S. The van der Waals surface area contributed by atoms with Gasteiger partial charge >= 0.3 is 0 Å². The summed E-state index contributed by atoms with van der Waals surface area (Å²) < 4.78 is 1.77. The highest BCUT2D eigenvalue weighted by Crippen LogP contribution is 2.27. The van der Waals surface area contributed by atoms with Gasteiger partial charge in [-0.15, -0.1) is 11.8 Å². The molecule has 0 aliphatic rings. The van der Waals surface area contributed by atoms with Gasteiger partial charge in [0.05, 0.1) is 17.1 Å². The van der Waals surface area contributed by atoms with Crippen LogP contribution in [0.4, 0.5) is 5.69 Å². The maximum absolute atomic E-state index is 12.7. The van der Waals surface area contributed by atoms with Crippen LogP contribution in [0.15, 0.2) is 96.3 Å². The summed E-state index contributed by atoms with van der Waals surface area (Å²) in [4.78, 5) is 28.7. The lowest BCUT2D eigenvalue weighted by Gasteiger charge is -2.08. The van der Waals surface area contributed by atoms with Gasteiger partial charge in [0.1, 0.15) is 5.69 Å². The monoisotopic (exact) mass is 455 g/mol. The Bertz CT molecular complexity index is 1290. The van der Waals surface area contributed by atoms with Gasteiger partial charge in [0.2, 0.25) is 11.8 Å². The van der Waals surface area contributed by atoms with Crippen molar-refractivity contribution >= 4 is 35.3 Å². The van der Waals surface area contributed by atoms with Crippen LogP contribution in [-0.2, 0) is 9.59 Å². The lowest BCUT2D eigenvalue weighted by atomic mass is 10.1. The van der Waals surface area contributed by atoms with E-state index in [9.17, 15) is 9.59 Å². The third-order valence-electron chi connectivity index (χ3n) is 4.63. The average molecular weight is 456 g/mol. The molecule has 0 spiro atoms. The molecule has 0 unspecified atom stereocenters. The van der Waals surface area contributed by atoms with E-state index in [4.69, 9.17) is 10.8 Å². The molecule has 4 rings (SSSR count). The van der Waals surface area contributed by atoms with E-state index in [2.05, 4.69) is 10.3 Å². The number of pyridine rings is 1. The molecule has 33 heavy (non-hydrogen) atoms. The SMILES string of the molecule is NC(=O)CSc1ccccc1NC(=O)/C=C/c1cn(-c2ccccc2)nc1-c1cccnc1. The summed E-state index contributed by atoms with van der Waals surface area (Å²) >= 11 is 1.28. The highest BCUT2D eigenvalue weighted by atomic mass is 32.2. The van der Waals surface area contributed by atoms with Crippen LogP contribution in [0.5, 0.6) is 0 Å². The summed E-state index contributed by atoms with van der Waals surface area (Å²) in [5.41, 5.74) is 9.11. The molecular weight excluding hydrogens is 434 g/mol. The minimum Gasteiger partial charge on any atom is -0.369 e. The van der Waals surface area contributed by atoms with E-state index in [0.29, 0.717) is 11.4 Å². The minimum absolute atomic E-state index is 0.135. The van der Waals surface area contributed by atoms with E-state index in [1.54, 1.807) is 29.2 Å². The normalized spacial score (nSPS) is 10.9. The molecule has 0 atom stereocenters. The van der Waals surface area contributed by atoms with Crippen molar-refractivity contribution in [1.82, 2.24) is 14.8 Å². The number of aromatic nitrogens is 3. The van der Waals surface area contributed by atoms with Gasteiger partial charge in [-0.3, -0.25) is 14.6 Å². The van der Waals surface area contributed by atoms with Crippen molar-refractivity contribution < 1.29 is 9.59 Å². The van der Waals surface area contributed by atoms with Gasteiger partial charge in [0.15, 0.2) is 0 Å². The number of rotatable bonds is 8. The van der Waals surface area contributed by atoms with Gasteiger partial charge in [0, 0.05) is 40.7 Å². The van der Waals surface area contributed by atoms with E-state index in [1.165, 1.54) is 17.8 Å². The smallest absolute Gasteiger partial charge is 0.248 e. The first-order valence-corrected chi connectivity index (χ1v) is 11.1. The van der Waals surface area contributed by atoms with E-state index in [-0.39, 0.29) is 11.7 Å². The van der Waals surface area contributed by atoms with E-state index in [0.717, 1.165) is 21.7 Å². The molecule has 0 fully saturated rings. The Morgan fingerprint density at radius 2 is 1.82 bits per heavy atom. The van der Waals surface area contributed by atoms with Crippen LogP contribution in [0.25, 0.3) is 23.0 Å². The first-order valence-electron chi connectivity index (χ1n) is 10.1. The fourth-order valence-corrected chi connectivity index (χ4v) is 3.88. The zero-order valence-electron chi connectivity index (χ0n) is 17.6. The fraction of sp³-hybridized carbons (Fsp3) is 0.0400. The number of thioether (sulfide) groups is 1. The molecule has 4 aromatic rings. The number of para-hydroxylation sites is 2. The quantitative estimate of drug-likeness (QED) is 0.307. The van der Waals surface area contributed by atoms with Gasteiger partial charge in [-0.05, 0) is 42.5 Å². The number of benzene rings is 2. The number of amides is 2. The Morgan fingerprint density at radius 3 is 2.58 bits per heavy atom. The topological polar surface area (TPSA) is 103 Å². The van der Waals surface area contributed by atoms with E-state index in [1.807, 2.05) is 66.9 Å². The molecule has 164 valence electrons. The number of hydrogen-bond donors (Lipinski definition) is 2. The summed E-state index contributed by atoms with van der Waals surface area (Å²) in [7, 11) is 0. The van der Waals surface area contributed by atoms with Crippen molar-refractivity contribution in [3.63, 3.8) is 0 Å². The second kappa shape index (κ2) is 10.4. The number of nitrogens with zero attached hydrogens (tertiary/aromatic N) is 3. The van der Waals surface area contributed by atoms with Gasteiger partial charge in [0.25, 0.3) is 0 Å². The molecule has 8 heteroatoms.